The molecule has 0 aliphatic carbocycles. The van der Waals surface area contributed by atoms with E-state index < -0.39 is 0 Å². The van der Waals surface area contributed by atoms with Gasteiger partial charge in [0.1, 0.15) is 9.88 Å². The fourth-order valence-corrected chi connectivity index (χ4v) is 4.73. The summed E-state index contributed by atoms with van der Waals surface area (Å²) >= 11 is 3.08. The van der Waals surface area contributed by atoms with Gasteiger partial charge in [0, 0.05) is 17.5 Å². The van der Waals surface area contributed by atoms with Crippen molar-refractivity contribution in [2.24, 2.45) is 0 Å². The second-order valence-electron chi connectivity index (χ2n) is 6.19. The molecule has 2 heterocycles. The number of hydrogen-bond acceptors (Lipinski definition) is 6. The number of benzene rings is 1. The Morgan fingerprint density at radius 2 is 1.89 bits per heavy atom. The van der Waals surface area contributed by atoms with Crippen LogP contribution in [0.4, 0.5) is 0 Å². The van der Waals surface area contributed by atoms with Crippen LogP contribution in [-0.2, 0) is 6.54 Å². The molecule has 0 bridgehead atoms. The Labute approximate surface area is 167 Å². The van der Waals surface area contributed by atoms with Gasteiger partial charge in [-0.05, 0) is 49.1 Å². The number of nitrogens with zero attached hydrogens (tertiary/aromatic N) is 2. The first kappa shape index (κ1) is 19.4. The largest absolute Gasteiger partial charge is 0.493 e. The maximum absolute atomic E-state index is 12.9. The van der Waals surface area contributed by atoms with E-state index in [0.29, 0.717) is 22.9 Å². The lowest BCUT2D eigenvalue weighted by Crippen LogP contribution is -2.25. The Kier molecular flexibility index (Phi) is 5.82. The molecule has 27 heavy (non-hydrogen) atoms. The highest BCUT2D eigenvalue weighted by molar-refractivity contribution is 7.17. The molecule has 0 N–H and O–H groups in total. The summed E-state index contributed by atoms with van der Waals surface area (Å²) < 4.78 is 10.7. The first-order valence-corrected chi connectivity index (χ1v) is 10.1. The standard InChI is InChI=1S/C20H22N2O3S2/c1-12-8-9-26-17(12)11-22(3)20(23)18-13(2)21-19(27-18)14-6-7-15(24-4)16(10-14)25-5/h6-10H,11H2,1-5H3. The average molecular weight is 403 g/mol. The van der Waals surface area contributed by atoms with E-state index in [2.05, 4.69) is 23.4 Å². The van der Waals surface area contributed by atoms with Gasteiger partial charge in [0.25, 0.3) is 5.91 Å². The van der Waals surface area contributed by atoms with Gasteiger partial charge >= 0.3 is 0 Å². The summed E-state index contributed by atoms with van der Waals surface area (Å²) in [5.74, 6) is 1.29. The molecule has 142 valence electrons. The molecular formula is C20H22N2O3S2. The minimum atomic E-state index is -0.00970. The van der Waals surface area contributed by atoms with Crippen LogP contribution in [-0.4, -0.2) is 37.1 Å². The van der Waals surface area contributed by atoms with E-state index in [0.717, 1.165) is 16.3 Å². The SMILES string of the molecule is COc1ccc(-c2nc(C)c(C(=O)N(C)Cc3sccc3C)s2)cc1OC. The zero-order valence-electron chi connectivity index (χ0n) is 16.0. The highest BCUT2D eigenvalue weighted by Crippen LogP contribution is 2.35. The van der Waals surface area contributed by atoms with E-state index >= 15 is 0 Å². The summed E-state index contributed by atoms with van der Waals surface area (Å²) in [5.41, 5.74) is 2.85. The predicted octanol–water partition coefficient (Wildman–Crippen LogP) is 4.78. The Morgan fingerprint density at radius 1 is 1.15 bits per heavy atom. The van der Waals surface area contributed by atoms with Crippen LogP contribution in [0.15, 0.2) is 29.6 Å². The highest BCUT2D eigenvalue weighted by Gasteiger charge is 2.21. The summed E-state index contributed by atoms with van der Waals surface area (Å²) in [4.78, 5) is 21.1. The van der Waals surface area contributed by atoms with Gasteiger partial charge in [-0.15, -0.1) is 22.7 Å². The Balaban J connectivity index is 1.85. The summed E-state index contributed by atoms with van der Waals surface area (Å²) in [6, 6.07) is 7.72. The zero-order valence-corrected chi connectivity index (χ0v) is 17.7. The minimum absolute atomic E-state index is 0.00970. The molecule has 0 aliphatic heterocycles. The molecule has 3 rings (SSSR count). The summed E-state index contributed by atoms with van der Waals surface area (Å²) in [6.07, 6.45) is 0. The number of carbonyl (C=O) groups is 1. The van der Waals surface area contributed by atoms with Crippen molar-refractivity contribution in [2.45, 2.75) is 20.4 Å². The molecule has 0 unspecified atom stereocenters. The van der Waals surface area contributed by atoms with Crippen LogP contribution < -0.4 is 9.47 Å². The molecule has 0 spiro atoms. The second kappa shape index (κ2) is 8.10. The maximum Gasteiger partial charge on any atom is 0.265 e. The fourth-order valence-electron chi connectivity index (χ4n) is 2.71. The van der Waals surface area contributed by atoms with Crippen molar-refractivity contribution in [3.05, 3.63) is 50.7 Å². The Morgan fingerprint density at radius 3 is 2.52 bits per heavy atom. The highest BCUT2D eigenvalue weighted by atomic mass is 32.1. The number of rotatable bonds is 6. The van der Waals surface area contributed by atoms with E-state index in [9.17, 15) is 4.79 Å². The lowest BCUT2D eigenvalue weighted by Gasteiger charge is -2.16. The molecule has 0 atom stereocenters. The number of carbonyl (C=O) groups excluding carboxylic acids is 1. The van der Waals surface area contributed by atoms with E-state index in [4.69, 9.17) is 9.47 Å². The van der Waals surface area contributed by atoms with Crippen LogP contribution >= 0.6 is 22.7 Å². The number of thiophene rings is 1. The van der Waals surface area contributed by atoms with Crippen molar-refractivity contribution in [1.29, 1.82) is 0 Å². The fraction of sp³-hybridized carbons (Fsp3) is 0.300. The molecule has 5 nitrogen and oxygen atoms in total. The molecule has 2 aromatic heterocycles. The molecule has 3 aromatic rings. The van der Waals surface area contributed by atoms with Crippen LogP contribution in [0.2, 0.25) is 0 Å². The third-order valence-corrected chi connectivity index (χ3v) is 6.52. The minimum Gasteiger partial charge on any atom is -0.493 e. The number of aryl methyl sites for hydroxylation is 2. The number of hydrogen-bond donors (Lipinski definition) is 0. The molecule has 0 radical (unpaired) electrons. The zero-order chi connectivity index (χ0) is 19.6. The van der Waals surface area contributed by atoms with Crippen LogP contribution in [0.3, 0.4) is 0 Å². The number of ether oxygens (including phenoxy) is 2. The predicted molar refractivity (Wildman–Crippen MR) is 110 cm³/mol. The Hall–Kier alpha value is -2.38. The number of methoxy groups -OCH3 is 2. The van der Waals surface area contributed by atoms with Gasteiger partial charge in [0.2, 0.25) is 0 Å². The second-order valence-corrected chi connectivity index (χ2v) is 8.19. The smallest absolute Gasteiger partial charge is 0.265 e. The van der Waals surface area contributed by atoms with Gasteiger partial charge in [-0.2, -0.15) is 0 Å². The van der Waals surface area contributed by atoms with Gasteiger partial charge in [-0.3, -0.25) is 4.79 Å². The van der Waals surface area contributed by atoms with Crippen molar-refractivity contribution in [3.8, 4) is 22.1 Å². The molecule has 1 amide bonds. The summed E-state index contributed by atoms with van der Waals surface area (Å²) in [5, 5.41) is 2.84. The number of aromatic nitrogens is 1. The van der Waals surface area contributed by atoms with Gasteiger partial charge < -0.3 is 14.4 Å². The maximum atomic E-state index is 12.9. The van der Waals surface area contributed by atoms with Crippen molar-refractivity contribution < 1.29 is 14.3 Å². The lowest BCUT2D eigenvalue weighted by atomic mass is 10.2. The van der Waals surface area contributed by atoms with Crippen molar-refractivity contribution in [1.82, 2.24) is 9.88 Å². The monoisotopic (exact) mass is 402 g/mol. The van der Waals surface area contributed by atoms with Crippen molar-refractivity contribution in [2.75, 3.05) is 21.3 Å². The average Bonchev–Trinajstić information content (AvgIpc) is 3.26. The first-order chi connectivity index (χ1) is 12.9. The van der Waals surface area contributed by atoms with E-state index in [1.807, 2.05) is 32.2 Å². The van der Waals surface area contributed by atoms with E-state index in [1.165, 1.54) is 21.8 Å². The van der Waals surface area contributed by atoms with Crippen LogP contribution in [0.25, 0.3) is 10.6 Å². The van der Waals surface area contributed by atoms with Crippen LogP contribution in [0, 0.1) is 13.8 Å². The number of thiazole rings is 1. The molecule has 0 fully saturated rings. The topological polar surface area (TPSA) is 51.7 Å². The van der Waals surface area contributed by atoms with Crippen LogP contribution in [0.1, 0.15) is 25.8 Å². The van der Waals surface area contributed by atoms with Crippen LogP contribution in [0.5, 0.6) is 11.5 Å². The van der Waals surface area contributed by atoms with Gasteiger partial charge in [-0.25, -0.2) is 4.98 Å². The Bertz CT molecular complexity index is 962. The van der Waals surface area contributed by atoms with Crippen molar-refractivity contribution >= 4 is 28.6 Å². The van der Waals surface area contributed by atoms with Gasteiger partial charge in [0.05, 0.1) is 26.5 Å². The van der Waals surface area contributed by atoms with E-state index in [1.54, 1.807) is 30.5 Å². The summed E-state index contributed by atoms with van der Waals surface area (Å²) in [7, 11) is 5.04. The normalized spacial score (nSPS) is 10.7. The molecular weight excluding hydrogens is 380 g/mol. The van der Waals surface area contributed by atoms with E-state index in [-0.39, 0.29) is 5.91 Å². The van der Waals surface area contributed by atoms with Gasteiger partial charge in [-0.1, -0.05) is 0 Å². The lowest BCUT2D eigenvalue weighted by molar-refractivity contribution is 0.0790. The molecule has 1 aromatic carbocycles. The summed E-state index contributed by atoms with van der Waals surface area (Å²) in [6.45, 7) is 4.54. The third-order valence-electron chi connectivity index (χ3n) is 4.32. The number of amides is 1. The third kappa shape index (κ3) is 3.99. The molecule has 0 saturated heterocycles. The molecule has 0 aliphatic rings. The quantitative estimate of drug-likeness (QED) is 0.595. The molecule has 0 saturated carbocycles. The van der Waals surface area contributed by atoms with Gasteiger partial charge in [0.15, 0.2) is 11.5 Å². The van der Waals surface area contributed by atoms with Crippen molar-refractivity contribution in [3.63, 3.8) is 0 Å². The molecule has 7 heteroatoms. The first-order valence-electron chi connectivity index (χ1n) is 8.42.